The molecule has 0 aliphatic rings. The lowest BCUT2D eigenvalue weighted by molar-refractivity contribution is 0.537. The van der Waals surface area contributed by atoms with Gasteiger partial charge in [0.05, 0.1) is 12.0 Å². The van der Waals surface area contributed by atoms with Gasteiger partial charge in [-0.2, -0.15) is 14.4 Å². The molecule has 0 spiro atoms. The largest absolute Gasteiger partial charge is 0.326 e. The summed E-state index contributed by atoms with van der Waals surface area (Å²) in [5.41, 5.74) is 8.45. The molecule has 3 rings (SSSR count). The highest BCUT2D eigenvalue weighted by Gasteiger charge is 2.17. The van der Waals surface area contributed by atoms with E-state index in [1.165, 1.54) is 0 Å². The number of aromatic nitrogens is 5. The summed E-state index contributed by atoms with van der Waals surface area (Å²) < 4.78 is 15.6. The van der Waals surface area contributed by atoms with Gasteiger partial charge in [-0.3, -0.25) is 4.98 Å². The van der Waals surface area contributed by atoms with Gasteiger partial charge in [0, 0.05) is 18.8 Å². The minimum absolute atomic E-state index is 0.125. The number of nitrogens with two attached hydrogens (primary N) is 1. The lowest BCUT2D eigenvalue weighted by Gasteiger charge is -2.08. The SMILES string of the molecule is CC(C)n1cnc2c(-c3cc(CN)ccn3)nc(F)nc21. The van der Waals surface area contributed by atoms with E-state index in [2.05, 4.69) is 19.9 Å². The van der Waals surface area contributed by atoms with Gasteiger partial charge in [0.1, 0.15) is 11.2 Å². The molecule has 2 N–H and O–H groups in total. The molecule has 3 aromatic rings. The van der Waals surface area contributed by atoms with E-state index >= 15 is 0 Å². The van der Waals surface area contributed by atoms with Crippen LogP contribution in [0.4, 0.5) is 4.39 Å². The van der Waals surface area contributed by atoms with Crippen LogP contribution >= 0.6 is 0 Å². The van der Waals surface area contributed by atoms with Crippen molar-refractivity contribution in [3.8, 4) is 11.4 Å². The van der Waals surface area contributed by atoms with Crippen molar-refractivity contribution in [2.24, 2.45) is 5.73 Å². The first kappa shape index (κ1) is 13.6. The third kappa shape index (κ3) is 2.36. The molecular formula is C14H15FN6. The lowest BCUT2D eigenvalue weighted by atomic mass is 10.2. The van der Waals surface area contributed by atoms with Gasteiger partial charge in [0.15, 0.2) is 5.65 Å². The zero-order chi connectivity index (χ0) is 15.0. The van der Waals surface area contributed by atoms with Gasteiger partial charge in [-0.1, -0.05) is 0 Å². The fourth-order valence-corrected chi connectivity index (χ4v) is 2.18. The maximum absolute atomic E-state index is 13.8. The van der Waals surface area contributed by atoms with Crippen molar-refractivity contribution in [1.29, 1.82) is 0 Å². The molecule has 0 aromatic carbocycles. The highest BCUT2D eigenvalue weighted by molar-refractivity contribution is 5.86. The van der Waals surface area contributed by atoms with E-state index < -0.39 is 6.08 Å². The number of hydrogen-bond donors (Lipinski definition) is 1. The molecule has 0 unspecified atom stereocenters. The van der Waals surface area contributed by atoms with Crippen LogP contribution in [0.3, 0.4) is 0 Å². The smallest absolute Gasteiger partial charge is 0.311 e. The van der Waals surface area contributed by atoms with Crippen molar-refractivity contribution in [3.05, 3.63) is 36.3 Å². The van der Waals surface area contributed by atoms with Crippen LogP contribution in [0.15, 0.2) is 24.7 Å². The Hall–Kier alpha value is -2.41. The quantitative estimate of drug-likeness (QED) is 0.745. The zero-order valence-corrected chi connectivity index (χ0v) is 11.8. The highest BCUT2D eigenvalue weighted by Crippen LogP contribution is 2.25. The van der Waals surface area contributed by atoms with E-state index in [0.717, 1.165) is 5.56 Å². The summed E-state index contributed by atoms with van der Waals surface area (Å²) in [4.78, 5) is 16.3. The predicted molar refractivity (Wildman–Crippen MR) is 76.8 cm³/mol. The highest BCUT2D eigenvalue weighted by atomic mass is 19.1. The van der Waals surface area contributed by atoms with E-state index in [0.29, 0.717) is 29.1 Å². The summed E-state index contributed by atoms with van der Waals surface area (Å²) in [6.45, 7) is 4.34. The van der Waals surface area contributed by atoms with Gasteiger partial charge in [0.2, 0.25) is 0 Å². The molecule has 0 saturated heterocycles. The number of imidazole rings is 1. The minimum atomic E-state index is -0.792. The van der Waals surface area contributed by atoms with Crippen LogP contribution in [0.5, 0.6) is 0 Å². The van der Waals surface area contributed by atoms with Crippen molar-refractivity contribution >= 4 is 11.2 Å². The molecule has 0 atom stereocenters. The van der Waals surface area contributed by atoms with E-state index in [4.69, 9.17) is 5.73 Å². The van der Waals surface area contributed by atoms with Gasteiger partial charge in [-0.05, 0) is 31.5 Å². The van der Waals surface area contributed by atoms with Crippen LogP contribution in [0, 0.1) is 6.08 Å². The summed E-state index contributed by atoms with van der Waals surface area (Å²) in [6.07, 6.45) is 2.47. The van der Waals surface area contributed by atoms with E-state index in [1.807, 2.05) is 19.9 Å². The second kappa shape index (κ2) is 5.17. The molecule has 108 valence electrons. The maximum atomic E-state index is 13.8. The first-order chi connectivity index (χ1) is 10.1. The van der Waals surface area contributed by atoms with Crippen molar-refractivity contribution in [3.63, 3.8) is 0 Å². The summed E-state index contributed by atoms with van der Waals surface area (Å²) in [5, 5.41) is 0. The van der Waals surface area contributed by atoms with Gasteiger partial charge < -0.3 is 10.3 Å². The lowest BCUT2D eigenvalue weighted by Crippen LogP contribution is -2.03. The summed E-state index contributed by atoms with van der Waals surface area (Å²) in [7, 11) is 0. The second-order valence-corrected chi connectivity index (χ2v) is 5.01. The Morgan fingerprint density at radius 1 is 1.29 bits per heavy atom. The molecular weight excluding hydrogens is 271 g/mol. The van der Waals surface area contributed by atoms with Gasteiger partial charge in [-0.25, -0.2) is 4.98 Å². The fraction of sp³-hybridized carbons (Fsp3) is 0.286. The topological polar surface area (TPSA) is 82.5 Å². The third-order valence-corrected chi connectivity index (χ3v) is 3.25. The molecule has 0 saturated carbocycles. The number of nitrogens with zero attached hydrogens (tertiary/aromatic N) is 5. The average Bonchev–Trinajstić information content (AvgIpc) is 2.90. The first-order valence-corrected chi connectivity index (χ1v) is 6.65. The number of halogens is 1. The molecule has 3 heterocycles. The van der Waals surface area contributed by atoms with Crippen molar-refractivity contribution in [2.45, 2.75) is 26.4 Å². The van der Waals surface area contributed by atoms with Crippen molar-refractivity contribution in [2.75, 3.05) is 0 Å². The molecule has 7 heteroatoms. The van der Waals surface area contributed by atoms with Crippen molar-refractivity contribution in [1.82, 2.24) is 24.5 Å². The first-order valence-electron chi connectivity index (χ1n) is 6.65. The van der Waals surface area contributed by atoms with E-state index in [9.17, 15) is 4.39 Å². The number of fused-ring (bicyclic) bond motifs is 1. The molecule has 0 bridgehead atoms. The standard InChI is InChI=1S/C14H15FN6/c1-8(2)21-7-18-12-11(19-14(15)20-13(12)21)10-5-9(6-16)3-4-17-10/h3-5,7-8H,6,16H2,1-2H3. The molecule has 6 nitrogen and oxygen atoms in total. The molecule has 0 radical (unpaired) electrons. The van der Waals surface area contributed by atoms with Gasteiger partial charge in [-0.15, -0.1) is 0 Å². The number of rotatable bonds is 3. The molecule has 0 fully saturated rings. The molecule has 21 heavy (non-hydrogen) atoms. The predicted octanol–water partition coefficient (Wildman–Crippen LogP) is 2.07. The Labute approximate surface area is 120 Å². The third-order valence-electron chi connectivity index (χ3n) is 3.25. The van der Waals surface area contributed by atoms with Crippen LogP contribution in [-0.4, -0.2) is 24.5 Å². The normalized spacial score (nSPS) is 11.5. The Balaban J connectivity index is 2.27. The molecule has 0 amide bonds. The fourth-order valence-electron chi connectivity index (χ4n) is 2.18. The van der Waals surface area contributed by atoms with Crippen LogP contribution in [0.2, 0.25) is 0 Å². The molecule has 0 aliphatic heterocycles. The molecule has 3 aromatic heterocycles. The Morgan fingerprint density at radius 2 is 2.10 bits per heavy atom. The van der Waals surface area contributed by atoms with Crippen molar-refractivity contribution < 1.29 is 4.39 Å². The van der Waals surface area contributed by atoms with Crippen LogP contribution in [0.1, 0.15) is 25.5 Å². The van der Waals surface area contributed by atoms with Crippen LogP contribution in [-0.2, 0) is 6.54 Å². The maximum Gasteiger partial charge on any atom is 0.311 e. The monoisotopic (exact) mass is 286 g/mol. The number of pyridine rings is 1. The van der Waals surface area contributed by atoms with Gasteiger partial charge in [0.25, 0.3) is 0 Å². The van der Waals surface area contributed by atoms with E-state index in [1.54, 1.807) is 23.2 Å². The minimum Gasteiger partial charge on any atom is -0.326 e. The summed E-state index contributed by atoms with van der Waals surface area (Å²) in [6, 6.07) is 3.72. The van der Waals surface area contributed by atoms with Crippen LogP contribution < -0.4 is 5.73 Å². The Kier molecular flexibility index (Phi) is 3.34. The van der Waals surface area contributed by atoms with Gasteiger partial charge >= 0.3 is 6.08 Å². The van der Waals surface area contributed by atoms with E-state index in [-0.39, 0.29) is 6.04 Å². The second-order valence-electron chi connectivity index (χ2n) is 5.01. The Morgan fingerprint density at radius 3 is 2.81 bits per heavy atom. The summed E-state index contributed by atoms with van der Waals surface area (Å²) >= 11 is 0. The zero-order valence-electron chi connectivity index (χ0n) is 11.8. The Bertz CT molecular complexity index is 795. The van der Waals surface area contributed by atoms with Crippen LogP contribution in [0.25, 0.3) is 22.6 Å². The summed E-state index contributed by atoms with van der Waals surface area (Å²) in [5.74, 6) is 0. The number of hydrogen-bond acceptors (Lipinski definition) is 5. The molecule has 0 aliphatic carbocycles. The average molecular weight is 286 g/mol.